The molecule has 0 atom stereocenters. The van der Waals surface area contributed by atoms with E-state index in [-0.39, 0.29) is 12.0 Å². The second-order valence-corrected chi connectivity index (χ2v) is 7.30. The Morgan fingerprint density at radius 1 is 1.37 bits per heavy atom. The molecule has 6 heteroatoms. The lowest BCUT2D eigenvalue weighted by Gasteiger charge is -2.12. The standard InChI is InChI=1S/C13H15N3OS2/c1-13(2,3)11-15-16-8(7-17)10(14-12(16)19-11)9-5-4-6-18-9/h4-6,17H,7H2,1-3H3. The molecule has 0 saturated carbocycles. The fourth-order valence-corrected chi connectivity index (χ4v) is 3.56. The Hall–Kier alpha value is -1.24. The molecule has 3 aromatic rings. The lowest BCUT2D eigenvalue weighted by molar-refractivity contribution is 0.274. The highest BCUT2D eigenvalue weighted by atomic mass is 32.1. The van der Waals surface area contributed by atoms with Gasteiger partial charge in [0.1, 0.15) is 10.7 Å². The molecule has 0 aliphatic carbocycles. The predicted molar refractivity (Wildman–Crippen MR) is 78.8 cm³/mol. The highest BCUT2D eigenvalue weighted by Gasteiger charge is 2.23. The molecule has 0 saturated heterocycles. The summed E-state index contributed by atoms with van der Waals surface area (Å²) in [7, 11) is 0. The molecule has 3 aromatic heterocycles. The Labute approximate surface area is 119 Å². The zero-order valence-corrected chi connectivity index (χ0v) is 12.7. The van der Waals surface area contributed by atoms with Crippen molar-refractivity contribution in [2.45, 2.75) is 32.8 Å². The largest absolute Gasteiger partial charge is 0.390 e. The maximum atomic E-state index is 9.62. The number of hydrogen-bond acceptors (Lipinski definition) is 5. The monoisotopic (exact) mass is 293 g/mol. The predicted octanol–water partition coefficient (Wildman–Crippen LogP) is 3.31. The average Bonchev–Trinajstić information content (AvgIpc) is 3.02. The summed E-state index contributed by atoms with van der Waals surface area (Å²) in [6, 6.07) is 4.00. The maximum absolute atomic E-state index is 9.62. The minimum atomic E-state index is -0.0539. The van der Waals surface area contributed by atoms with Gasteiger partial charge in [-0.3, -0.25) is 0 Å². The van der Waals surface area contributed by atoms with Crippen LogP contribution in [0, 0.1) is 0 Å². The number of aliphatic hydroxyl groups is 1. The van der Waals surface area contributed by atoms with Crippen LogP contribution in [0.2, 0.25) is 0 Å². The summed E-state index contributed by atoms with van der Waals surface area (Å²) in [6.45, 7) is 6.33. The molecular weight excluding hydrogens is 278 g/mol. The van der Waals surface area contributed by atoms with E-state index in [9.17, 15) is 5.11 Å². The summed E-state index contributed by atoms with van der Waals surface area (Å²) in [5.74, 6) is 0. The van der Waals surface area contributed by atoms with Gasteiger partial charge in [0.05, 0.1) is 17.2 Å². The number of fused-ring (bicyclic) bond motifs is 1. The molecule has 0 aliphatic rings. The van der Waals surface area contributed by atoms with E-state index in [0.717, 1.165) is 26.2 Å². The fraction of sp³-hybridized carbons (Fsp3) is 0.385. The first-order valence-electron chi connectivity index (χ1n) is 6.04. The van der Waals surface area contributed by atoms with Gasteiger partial charge in [-0.2, -0.15) is 5.10 Å². The van der Waals surface area contributed by atoms with Crippen molar-refractivity contribution in [2.75, 3.05) is 0 Å². The van der Waals surface area contributed by atoms with Crippen LogP contribution in [-0.4, -0.2) is 19.7 Å². The zero-order valence-electron chi connectivity index (χ0n) is 11.0. The van der Waals surface area contributed by atoms with Crippen molar-refractivity contribution in [3.8, 4) is 10.6 Å². The Bertz CT molecular complexity index is 704. The van der Waals surface area contributed by atoms with E-state index >= 15 is 0 Å². The van der Waals surface area contributed by atoms with E-state index in [4.69, 9.17) is 0 Å². The minimum absolute atomic E-state index is 0.00118. The van der Waals surface area contributed by atoms with Crippen LogP contribution in [0.4, 0.5) is 0 Å². The van der Waals surface area contributed by atoms with Crippen LogP contribution in [0.15, 0.2) is 17.5 Å². The first kappa shape index (κ1) is 12.8. The molecule has 3 heterocycles. The molecular formula is C13H15N3OS2. The normalized spacial score (nSPS) is 12.4. The SMILES string of the molecule is CC(C)(C)c1nn2c(CO)c(-c3cccs3)nc2s1. The number of hydrogen-bond donors (Lipinski definition) is 1. The molecule has 0 aliphatic heterocycles. The Morgan fingerprint density at radius 2 is 2.16 bits per heavy atom. The Balaban J connectivity index is 2.20. The molecule has 100 valence electrons. The summed E-state index contributed by atoms with van der Waals surface area (Å²) >= 11 is 3.21. The van der Waals surface area contributed by atoms with Gasteiger partial charge < -0.3 is 5.11 Å². The molecule has 1 N–H and O–H groups in total. The maximum Gasteiger partial charge on any atom is 0.213 e. The fourth-order valence-electron chi connectivity index (χ4n) is 1.85. The van der Waals surface area contributed by atoms with Gasteiger partial charge in [-0.15, -0.1) is 11.3 Å². The van der Waals surface area contributed by atoms with Crippen LogP contribution in [-0.2, 0) is 12.0 Å². The number of thiophene rings is 1. The van der Waals surface area contributed by atoms with Gasteiger partial charge in [0, 0.05) is 5.41 Å². The lowest BCUT2D eigenvalue weighted by Crippen LogP contribution is -2.11. The van der Waals surface area contributed by atoms with E-state index in [1.54, 1.807) is 27.2 Å². The summed E-state index contributed by atoms with van der Waals surface area (Å²) in [5, 5.41) is 17.3. The second-order valence-electron chi connectivity index (χ2n) is 5.39. The van der Waals surface area contributed by atoms with Gasteiger partial charge >= 0.3 is 0 Å². The van der Waals surface area contributed by atoms with Crippen LogP contribution in [0.1, 0.15) is 31.5 Å². The van der Waals surface area contributed by atoms with Crippen molar-refractivity contribution in [3.63, 3.8) is 0 Å². The van der Waals surface area contributed by atoms with Crippen molar-refractivity contribution in [2.24, 2.45) is 0 Å². The first-order valence-corrected chi connectivity index (χ1v) is 7.74. The van der Waals surface area contributed by atoms with E-state index < -0.39 is 0 Å². The van der Waals surface area contributed by atoms with Crippen LogP contribution < -0.4 is 0 Å². The summed E-state index contributed by atoms with van der Waals surface area (Å²) in [4.78, 5) is 6.54. The zero-order chi connectivity index (χ0) is 13.6. The highest BCUT2D eigenvalue weighted by Crippen LogP contribution is 2.33. The van der Waals surface area contributed by atoms with Crippen LogP contribution in [0.5, 0.6) is 0 Å². The van der Waals surface area contributed by atoms with Crippen LogP contribution in [0.3, 0.4) is 0 Å². The number of aliphatic hydroxyl groups excluding tert-OH is 1. The van der Waals surface area contributed by atoms with Crippen LogP contribution in [0.25, 0.3) is 15.5 Å². The third kappa shape index (κ3) is 2.09. The third-order valence-electron chi connectivity index (χ3n) is 2.84. The van der Waals surface area contributed by atoms with E-state index in [0.29, 0.717) is 0 Å². The molecule has 0 spiro atoms. The Kier molecular flexibility index (Phi) is 2.96. The van der Waals surface area contributed by atoms with Crippen LogP contribution >= 0.6 is 22.7 Å². The van der Waals surface area contributed by atoms with Crippen molar-refractivity contribution < 1.29 is 5.11 Å². The highest BCUT2D eigenvalue weighted by molar-refractivity contribution is 7.17. The summed E-state index contributed by atoms with van der Waals surface area (Å²) in [6.07, 6.45) is 0. The van der Waals surface area contributed by atoms with Crippen molar-refractivity contribution >= 4 is 27.6 Å². The summed E-state index contributed by atoms with van der Waals surface area (Å²) in [5.41, 5.74) is 1.61. The van der Waals surface area contributed by atoms with E-state index in [1.807, 2.05) is 17.5 Å². The van der Waals surface area contributed by atoms with E-state index in [1.165, 1.54) is 0 Å². The molecule has 0 fully saturated rings. The van der Waals surface area contributed by atoms with Crippen molar-refractivity contribution in [3.05, 3.63) is 28.2 Å². The van der Waals surface area contributed by atoms with Gasteiger partial charge in [-0.1, -0.05) is 38.2 Å². The summed E-state index contributed by atoms with van der Waals surface area (Å²) < 4.78 is 1.78. The molecule has 0 bridgehead atoms. The quantitative estimate of drug-likeness (QED) is 0.788. The molecule has 4 nitrogen and oxygen atoms in total. The molecule has 0 amide bonds. The number of nitrogens with zero attached hydrogens (tertiary/aromatic N) is 3. The third-order valence-corrected chi connectivity index (χ3v) is 5.05. The molecule has 0 unspecified atom stereocenters. The number of rotatable bonds is 2. The molecule has 19 heavy (non-hydrogen) atoms. The van der Waals surface area contributed by atoms with E-state index in [2.05, 4.69) is 30.9 Å². The number of aromatic nitrogens is 3. The average molecular weight is 293 g/mol. The molecule has 0 aromatic carbocycles. The van der Waals surface area contributed by atoms with Crippen molar-refractivity contribution in [1.82, 2.24) is 14.6 Å². The molecule has 0 radical (unpaired) electrons. The van der Waals surface area contributed by atoms with Gasteiger partial charge in [0.2, 0.25) is 4.96 Å². The second kappa shape index (κ2) is 4.40. The number of imidazole rings is 1. The van der Waals surface area contributed by atoms with Gasteiger partial charge in [0.25, 0.3) is 0 Å². The van der Waals surface area contributed by atoms with Gasteiger partial charge in [-0.05, 0) is 11.4 Å². The minimum Gasteiger partial charge on any atom is -0.390 e. The first-order chi connectivity index (χ1) is 9.00. The van der Waals surface area contributed by atoms with Gasteiger partial charge in [-0.25, -0.2) is 9.50 Å². The lowest BCUT2D eigenvalue weighted by atomic mass is 9.98. The van der Waals surface area contributed by atoms with Crippen molar-refractivity contribution in [1.29, 1.82) is 0 Å². The smallest absolute Gasteiger partial charge is 0.213 e. The molecule has 3 rings (SSSR count). The Morgan fingerprint density at radius 3 is 2.74 bits per heavy atom. The topological polar surface area (TPSA) is 50.4 Å². The van der Waals surface area contributed by atoms with Gasteiger partial charge in [0.15, 0.2) is 0 Å².